The van der Waals surface area contributed by atoms with Crippen LogP contribution in [0.3, 0.4) is 0 Å². The minimum Gasteiger partial charge on any atom is -0.472 e. The van der Waals surface area contributed by atoms with Gasteiger partial charge in [-0.25, -0.2) is 4.39 Å². The van der Waals surface area contributed by atoms with Crippen LogP contribution < -0.4 is 0 Å². The molecule has 0 saturated heterocycles. The van der Waals surface area contributed by atoms with E-state index in [2.05, 4.69) is 6.07 Å². The smallest absolute Gasteiger partial charge is 0.247 e. The van der Waals surface area contributed by atoms with Gasteiger partial charge in [0.2, 0.25) is 5.91 Å². The third-order valence-corrected chi connectivity index (χ3v) is 5.38. The number of halogens is 1. The summed E-state index contributed by atoms with van der Waals surface area (Å²) in [7, 11) is 0. The number of amides is 1. The summed E-state index contributed by atoms with van der Waals surface area (Å²) in [6.45, 7) is 0.611. The molecule has 0 spiro atoms. The van der Waals surface area contributed by atoms with Crippen LogP contribution in [0.2, 0.25) is 0 Å². The number of carbonyl (C=O) groups excluding carboxylic acids is 1. The van der Waals surface area contributed by atoms with Gasteiger partial charge >= 0.3 is 0 Å². The fourth-order valence-corrected chi connectivity index (χ4v) is 4.28. The molecule has 3 heterocycles. The Hall–Kier alpha value is -2.66. The summed E-state index contributed by atoms with van der Waals surface area (Å²) < 4.78 is 18.8. The Bertz CT molecular complexity index is 913. The number of furan rings is 1. The molecule has 1 aromatic carbocycles. The third-order valence-electron chi connectivity index (χ3n) is 4.37. The molecule has 0 bridgehead atoms. The van der Waals surface area contributed by atoms with E-state index in [0.29, 0.717) is 6.54 Å². The van der Waals surface area contributed by atoms with Gasteiger partial charge in [-0.15, -0.1) is 11.3 Å². The summed E-state index contributed by atoms with van der Waals surface area (Å²) in [5.41, 5.74) is 2.88. The summed E-state index contributed by atoms with van der Waals surface area (Å²) in [6, 6.07) is 10.1. The summed E-state index contributed by atoms with van der Waals surface area (Å²) in [5.74, 6) is -0.378. The van der Waals surface area contributed by atoms with E-state index in [1.54, 1.807) is 48.1 Å². The zero-order chi connectivity index (χ0) is 17.2. The highest BCUT2D eigenvalue weighted by molar-refractivity contribution is 7.10. The number of thiophene rings is 1. The zero-order valence-electron chi connectivity index (χ0n) is 13.4. The Morgan fingerprint density at radius 1 is 1.32 bits per heavy atom. The molecule has 5 heteroatoms. The number of nitrogens with zero attached hydrogens (tertiary/aromatic N) is 1. The molecule has 1 aliphatic heterocycles. The lowest BCUT2D eigenvalue weighted by Crippen LogP contribution is -2.39. The Morgan fingerprint density at radius 2 is 2.24 bits per heavy atom. The second-order valence-corrected chi connectivity index (χ2v) is 6.89. The van der Waals surface area contributed by atoms with Crippen LogP contribution in [0.4, 0.5) is 4.39 Å². The van der Waals surface area contributed by atoms with Gasteiger partial charge in [0.1, 0.15) is 5.82 Å². The maximum absolute atomic E-state index is 13.8. The van der Waals surface area contributed by atoms with Gasteiger partial charge in [0.05, 0.1) is 18.6 Å². The quantitative estimate of drug-likeness (QED) is 0.641. The predicted molar refractivity (Wildman–Crippen MR) is 95.7 cm³/mol. The molecule has 0 fully saturated rings. The van der Waals surface area contributed by atoms with Gasteiger partial charge in [-0.05, 0) is 53.3 Å². The van der Waals surface area contributed by atoms with Crippen molar-refractivity contribution in [1.82, 2.24) is 4.90 Å². The highest BCUT2D eigenvalue weighted by Gasteiger charge is 2.32. The summed E-state index contributed by atoms with van der Waals surface area (Å²) in [4.78, 5) is 15.7. The van der Waals surface area contributed by atoms with Crippen molar-refractivity contribution in [2.45, 2.75) is 12.5 Å². The molecule has 126 valence electrons. The molecule has 3 nitrogen and oxygen atoms in total. The van der Waals surface area contributed by atoms with Crippen LogP contribution >= 0.6 is 11.3 Å². The molecule has 1 unspecified atom stereocenters. The monoisotopic (exact) mass is 353 g/mol. The largest absolute Gasteiger partial charge is 0.472 e. The lowest BCUT2D eigenvalue weighted by Gasteiger charge is -2.35. The molecule has 2 aromatic heterocycles. The van der Waals surface area contributed by atoms with Crippen molar-refractivity contribution in [1.29, 1.82) is 0 Å². The van der Waals surface area contributed by atoms with E-state index in [9.17, 15) is 9.18 Å². The molecule has 4 rings (SSSR count). The molecule has 1 aliphatic rings. The second-order valence-electron chi connectivity index (χ2n) is 5.94. The van der Waals surface area contributed by atoms with Crippen LogP contribution in [0.25, 0.3) is 6.08 Å². The first-order valence-electron chi connectivity index (χ1n) is 8.05. The average molecular weight is 353 g/mol. The highest BCUT2D eigenvalue weighted by atomic mass is 32.1. The van der Waals surface area contributed by atoms with E-state index >= 15 is 0 Å². The fourth-order valence-electron chi connectivity index (χ4n) is 3.18. The highest BCUT2D eigenvalue weighted by Crippen LogP contribution is 2.38. The van der Waals surface area contributed by atoms with Crippen LogP contribution in [-0.2, 0) is 11.2 Å². The van der Waals surface area contributed by atoms with Gasteiger partial charge in [0, 0.05) is 23.1 Å². The van der Waals surface area contributed by atoms with Crippen molar-refractivity contribution in [3.8, 4) is 0 Å². The van der Waals surface area contributed by atoms with Gasteiger partial charge in [-0.1, -0.05) is 12.1 Å². The van der Waals surface area contributed by atoms with Crippen LogP contribution in [0.1, 0.15) is 27.6 Å². The summed E-state index contributed by atoms with van der Waals surface area (Å²) in [6.07, 6.45) is 7.25. The lowest BCUT2D eigenvalue weighted by molar-refractivity contribution is -0.127. The van der Waals surface area contributed by atoms with E-state index in [1.165, 1.54) is 17.7 Å². The van der Waals surface area contributed by atoms with Crippen LogP contribution in [0.15, 0.2) is 64.8 Å². The Balaban J connectivity index is 1.69. The van der Waals surface area contributed by atoms with Crippen LogP contribution in [0, 0.1) is 5.82 Å². The Labute approximate surface area is 149 Å². The van der Waals surface area contributed by atoms with E-state index in [1.807, 2.05) is 16.3 Å². The molecular formula is C20H16FNO2S. The van der Waals surface area contributed by atoms with Gasteiger partial charge < -0.3 is 9.32 Å². The lowest BCUT2D eigenvalue weighted by atomic mass is 9.95. The molecule has 0 N–H and O–H groups in total. The Kier molecular flexibility index (Phi) is 4.24. The molecule has 1 atom stereocenters. The zero-order valence-corrected chi connectivity index (χ0v) is 14.2. The molecule has 0 radical (unpaired) electrons. The van der Waals surface area contributed by atoms with Crippen molar-refractivity contribution < 1.29 is 13.6 Å². The normalized spacial score (nSPS) is 17.0. The number of hydrogen-bond donors (Lipinski definition) is 0. The van der Waals surface area contributed by atoms with E-state index in [-0.39, 0.29) is 17.8 Å². The maximum Gasteiger partial charge on any atom is 0.247 e. The third kappa shape index (κ3) is 3.15. The number of carbonyl (C=O) groups is 1. The standard InChI is InChI=1S/C20H16FNO2S/c21-17-3-1-2-16(12-17)19-20-15(8-11-25-20)6-9-22(19)18(23)5-4-14-7-10-24-13-14/h1-5,7-8,10-13,19H,6,9H2. The average Bonchev–Trinajstić information content (AvgIpc) is 3.30. The number of rotatable bonds is 3. The first-order valence-corrected chi connectivity index (χ1v) is 8.93. The topological polar surface area (TPSA) is 33.5 Å². The first kappa shape index (κ1) is 15.8. The minimum absolute atomic E-state index is 0.0884. The first-order chi connectivity index (χ1) is 12.2. The summed E-state index contributed by atoms with van der Waals surface area (Å²) >= 11 is 1.62. The molecular weight excluding hydrogens is 337 g/mol. The van der Waals surface area contributed by atoms with Gasteiger partial charge in [0.25, 0.3) is 0 Å². The molecule has 0 aliphatic carbocycles. The van der Waals surface area contributed by atoms with E-state index in [0.717, 1.165) is 22.4 Å². The Morgan fingerprint density at radius 3 is 3.04 bits per heavy atom. The predicted octanol–water partition coefficient (Wildman–Crippen LogP) is 4.67. The minimum atomic E-state index is -0.289. The number of benzene rings is 1. The van der Waals surface area contributed by atoms with Crippen molar-refractivity contribution in [3.63, 3.8) is 0 Å². The fraction of sp³-hybridized carbons (Fsp3) is 0.150. The van der Waals surface area contributed by atoms with Crippen molar-refractivity contribution >= 4 is 23.3 Å². The van der Waals surface area contributed by atoms with E-state index in [4.69, 9.17) is 4.42 Å². The SMILES string of the molecule is O=C(C=Cc1ccoc1)N1CCc2ccsc2C1c1cccc(F)c1. The van der Waals surface area contributed by atoms with Gasteiger partial charge in [-0.3, -0.25) is 4.79 Å². The van der Waals surface area contributed by atoms with Crippen molar-refractivity contribution in [2.24, 2.45) is 0 Å². The number of fused-ring (bicyclic) bond motifs is 1. The van der Waals surface area contributed by atoms with E-state index < -0.39 is 0 Å². The molecule has 3 aromatic rings. The van der Waals surface area contributed by atoms with Crippen LogP contribution in [-0.4, -0.2) is 17.4 Å². The maximum atomic E-state index is 13.8. The molecule has 1 amide bonds. The van der Waals surface area contributed by atoms with Gasteiger partial charge in [0.15, 0.2) is 0 Å². The van der Waals surface area contributed by atoms with Crippen LogP contribution in [0.5, 0.6) is 0 Å². The molecule has 0 saturated carbocycles. The summed E-state index contributed by atoms with van der Waals surface area (Å²) in [5, 5.41) is 2.03. The van der Waals surface area contributed by atoms with Gasteiger partial charge in [-0.2, -0.15) is 0 Å². The van der Waals surface area contributed by atoms with Crippen molar-refractivity contribution in [2.75, 3.05) is 6.54 Å². The molecule has 25 heavy (non-hydrogen) atoms. The number of hydrogen-bond acceptors (Lipinski definition) is 3. The second kappa shape index (κ2) is 6.69. The van der Waals surface area contributed by atoms with Crippen molar-refractivity contribution in [3.05, 3.63) is 87.8 Å².